The van der Waals surface area contributed by atoms with E-state index in [0.717, 1.165) is 0 Å². The van der Waals surface area contributed by atoms with E-state index in [1.165, 1.54) is 12.2 Å². The van der Waals surface area contributed by atoms with Crippen LogP contribution >= 0.6 is 15.2 Å². The third-order valence-electron chi connectivity index (χ3n) is 1.15. The maximum atomic E-state index is 11.2. The Morgan fingerprint density at radius 1 is 1.00 bits per heavy atom. The molecule has 0 spiro atoms. The third kappa shape index (κ3) is 7.68. The van der Waals surface area contributed by atoms with Gasteiger partial charge in [0.15, 0.2) is 5.90 Å². The fourth-order valence-electron chi connectivity index (χ4n) is 0.646. The quantitative estimate of drug-likeness (QED) is 0.507. The zero-order chi connectivity index (χ0) is 11.9. The Morgan fingerprint density at radius 3 is 1.60 bits per heavy atom. The summed E-state index contributed by atoms with van der Waals surface area (Å²) in [6.45, 7) is 6.21. The molecular formula is C7H14O6P2. The summed E-state index contributed by atoms with van der Waals surface area (Å²) in [4.78, 5) is 18.3. The molecule has 0 saturated heterocycles. The SMILES string of the molecule is C=CCOP(=O)(O)CP(=O)(O)OCC=C. The van der Waals surface area contributed by atoms with Crippen molar-refractivity contribution >= 4 is 15.2 Å². The van der Waals surface area contributed by atoms with Crippen molar-refractivity contribution in [3.8, 4) is 0 Å². The monoisotopic (exact) mass is 256 g/mol. The predicted octanol–water partition coefficient (Wildman–Crippen LogP) is 1.72. The summed E-state index contributed by atoms with van der Waals surface area (Å²) in [5, 5.41) is 0. The molecule has 0 amide bonds. The molecule has 88 valence electrons. The lowest BCUT2D eigenvalue weighted by Gasteiger charge is -2.14. The van der Waals surface area contributed by atoms with E-state index in [0.29, 0.717) is 0 Å². The summed E-state index contributed by atoms with van der Waals surface area (Å²) >= 11 is 0. The van der Waals surface area contributed by atoms with Crippen molar-refractivity contribution in [2.45, 2.75) is 0 Å². The molecule has 0 aromatic carbocycles. The molecule has 0 radical (unpaired) electrons. The van der Waals surface area contributed by atoms with Gasteiger partial charge in [-0.1, -0.05) is 12.2 Å². The molecule has 0 aliphatic heterocycles. The van der Waals surface area contributed by atoms with E-state index in [4.69, 9.17) is 9.79 Å². The maximum Gasteiger partial charge on any atom is 0.340 e. The van der Waals surface area contributed by atoms with E-state index < -0.39 is 21.1 Å². The maximum absolute atomic E-state index is 11.2. The Hall–Kier alpha value is -0.220. The zero-order valence-corrected chi connectivity index (χ0v) is 9.90. The van der Waals surface area contributed by atoms with Gasteiger partial charge in [0.25, 0.3) is 0 Å². The van der Waals surface area contributed by atoms with Crippen molar-refractivity contribution in [3.63, 3.8) is 0 Å². The van der Waals surface area contributed by atoms with Gasteiger partial charge in [0.05, 0.1) is 13.2 Å². The standard InChI is InChI=1S/C7H14O6P2/c1-3-5-12-14(8,9)7-15(10,11)13-6-4-2/h3-4H,1-2,5-7H2,(H,8,9)(H,10,11). The van der Waals surface area contributed by atoms with E-state index in [2.05, 4.69) is 22.2 Å². The largest absolute Gasteiger partial charge is 0.340 e. The summed E-state index contributed by atoms with van der Waals surface area (Å²) in [6.07, 6.45) is 2.52. The molecule has 2 N–H and O–H groups in total. The van der Waals surface area contributed by atoms with Crippen molar-refractivity contribution in [1.82, 2.24) is 0 Å². The van der Waals surface area contributed by atoms with Gasteiger partial charge in [0.2, 0.25) is 0 Å². The van der Waals surface area contributed by atoms with Crippen LogP contribution in [0.4, 0.5) is 0 Å². The molecule has 0 aromatic rings. The summed E-state index contributed by atoms with van der Waals surface area (Å²) in [5.41, 5.74) is 0. The second-order valence-corrected chi connectivity index (χ2v) is 6.78. The number of hydrogen-bond acceptors (Lipinski definition) is 4. The highest BCUT2D eigenvalue weighted by Gasteiger charge is 2.33. The summed E-state index contributed by atoms with van der Waals surface area (Å²) < 4.78 is 31.3. The Labute approximate surface area is 88.3 Å². The fourth-order valence-corrected chi connectivity index (χ4v) is 3.78. The number of hydrogen-bond donors (Lipinski definition) is 2. The highest BCUT2D eigenvalue weighted by atomic mass is 31.2. The fraction of sp³-hybridized carbons (Fsp3) is 0.429. The van der Waals surface area contributed by atoms with Gasteiger partial charge in [0.1, 0.15) is 0 Å². The first-order chi connectivity index (χ1) is 6.83. The molecule has 2 unspecified atom stereocenters. The summed E-state index contributed by atoms with van der Waals surface area (Å²) in [5.74, 6) is -0.943. The van der Waals surface area contributed by atoms with Gasteiger partial charge in [-0.25, -0.2) is 0 Å². The molecule has 0 heterocycles. The van der Waals surface area contributed by atoms with E-state index >= 15 is 0 Å². The Kier molecular flexibility index (Phi) is 6.29. The van der Waals surface area contributed by atoms with E-state index in [1.54, 1.807) is 0 Å². The molecule has 8 heteroatoms. The second kappa shape index (κ2) is 6.38. The molecule has 0 aliphatic rings. The third-order valence-corrected chi connectivity index (χ3v) is 5.11. The molecule has 2 atom stereocenters. The van der Waals surface area contributed by atoms with E-state index in [1.807, 2.05) is 0 Å². The Morgan fingerprint density at radius 2 is 1.33 bits per heavy atom. The molecule has 0 saturated carbocycles. The average Bonchev–Trinajstić information content (AvgIpc) is 2.10. The number of rotatable bonds is 8. The van der Waals surface area contributed by atoms with Crippen LogP contribution in [0, 0.1) is 0 Å². The van der Waals surface area contributed by atoms with Gasteiger partial charge in [-0.05, 0) is 0 Å². The first-order valence-corrected chi connectivity index (χ1v) is 7.50. The Bertz CT molecular complexity index is 283. The Balaban J connectivity index is 4.29. The molecule has 15 heavy (non-hydrogen) atoms. The van der Waals surface area contributed by atoms with Gasteiger partial charge >= 0.3 is 15.2 Å². The molecule has 0 aromatic heterocycles. The lowest BCUT2D eigenvalue weighted by molar-refractivity contribution is 0.273. The molecule has 6 nitrogen and oxygen atoms in total. The van der Waals surface area contributed by atoms with Gasteiger partial charge in [0, 0.05) is 0 Å². The van der Waals surface area contributed by atoms with E-state index in [9.17, 15) is 9.13 Å². The first-order valence-electron chi connectivity index (χ1n) is 3.97. The average molecular weight is 256 g/mol. The molecular weight excluding hydrogens is 242 g/mol. The van der Waals surface area contributed by atoms with Crippen LogP contribution < -0.4 is 0 Å². The van der Waals surface area contributed by atoms with Crippen LogP contribution in [0.1, 0.15) is 0 Å². The summed E-state index contributed by atoms with van der Waals surface area (Å²) in [6, 6.07) is 0. The van der Waals surface area contributed by atoms with Gasteiger partial charge in [-0.15, -0.1) is 13.2 Å². The minimum atomic E-state index is -4.11. The molecule has 0 aliphatic carbocycles. The molecule has 0 rings (SSSR count). The molecule has 0 bridgehead atoms. The van der Waals surface area contributed by atoms with Crippen LogP contribution in [0.15, 0.2) is 25.3 Å². The highest BCUT2D eigenvalue weighted by Crippen LogP contribution is 2.58. The normalized spacial score (nSPS) is 18.8. The van der Waals surface area contributed by atoms with Crippen molar-refractivity contribution in [2.75, 3.05) is 19.1 Å². The van der Waals surface area contributed by atoms with E-state index in [-0.39, 0.29) is 13.2 Å². The van der Waals surface area contributed by atoms with Crippen molar-refractivity contribution in [1.29, 1.82) is 0 Å². The molecule has 0 fully saturated rings. The van der Waals surface area contributed by atoms with Crippen molar-refractivity contribution < 1.29 is 28.0 Å². The van der Waals surface area contributed by atoms with Crippen LogP contribution in [-0.2, 0) is 18.2 Å². The lowest BCUT2D eigenvalue weighted by Crippen LogP contribution is -1.99. The predicted molar refractivity (Wildman–Crippen MR) is 56.8 cm³/mol. The zero-order valence-electron chi connectivity index (χ0n) is 8.11. The minimum absolute atomic E-state index is 0.171. The van der Waals surface area contributed by atoms with Crippen LogP contribution in [0.3, 0.4) is 0 Å². The van der Waals surface area contributed by atoms with Gasteiger partial charge < -0.3 is 18.8 Å². The topological polar surface area (TPSA) is 93.1 Å². The van der Waals surface area contributed by atoms with Crippen LogP contribution in [-0.4, -0.2) is 28.9 Å². The second-order valence-electron chi connectivity index (χ2n) is 2.59. The summed E-state index contributed by atoms with van der Waals surface area (Å²) in [7, 11) is -8.23. The van der Waals surface area contributed by atoms with Crippen LogP contribution in [0.5, 0.6) is 0 Å². The first kappa shape index (κ1) is 14.8. The van der Waals surface area contributed by atoms with Gasteiger partial charge in [-0.3, -0.25) is 9.13 Å². The van der Waals surface area contributed by atoms with Crippen LogP contribution in [0.2, 0.25) is 0 Å². The van der Waals surface area contributed by atoms with Crippen molar-refractivity contribution in [3.05, 3.63) is 25.3 Å². The van der Waals surface area contributed by atoms with Gasteiger partial charge in [-0.2, -0.15) is 0 Å². The smallest absolute Gasteiger partial charge is 0.324 e. The van der Waals surface area contributed by atoms with Crippen LogP contribution in [0.25, 0.3) is 0 Å². The lowest BCUT2D eigenvalue weighted by atomic mass is 10.7. The minimum Gasteiger partial charge on any atom is -0.324 e. The van der Waals surface area contributed by atoms with Crippen molar-refractivity contribution in [2.24, 2.45) is 0 Å². The highest BCUT2D eigenvalue weighted by molar-refractivity contribution is 7.70.